The van der Waals surface area contributed by atoms with Gasteiger partial charge in [0.2, 0.25) is 0 Å². The number of benzene rings is 10. The van der Waals surface area contributed by atoms with E-state index >= 15 is 0 Å². The van der Waals surface area contributed by atoms with Crippen LogP contribution in [0.1, 0.15) is 22.3 Å². The topological polar surface area (TPSA) is 318 Å². The van der Waals surface area contributed by atoms with Crippen molar-refractivity contribution >= 4 is 0 Å². The average molecular weight is 1630 g/mol. The monoisotopic (exact) mass is 1630 g/mol. The number of imidazole rings is 4. The van der Waals surface area contributed by atoms with Gasteiger partial charge in [0.15, 0.2) is 0 Å². The summed E-state index contributed by atoms with van der Waals surface area (Å²) in [6, 6.07) is 128. The van der Waals surface area contributed by atoms with Crippen LogP contribution in [0.5, 0.6) is 0 Å². The summed E-state index contributed by atoms with van der Waals surface area (Å²) in [6.45, 7) is 0. The quantitative estimate of drug-likeness (QED) is 0.0896. The Kier molecular flexibility index (Phi) is 33.4. The van der Waals surface area contributed by atoms with Gasteiger partial charge in [-0.15, -0.1) is 0 Å². The Morgan fingerprint density at radius 3 is 0.427 bits per heavy atom. The second-order valence-electron chi connectivity index (χ2n) is 27.6. The van der Waals surface area contributed by atoms with Crippen LogP contribution in [0.2, 0.25) is 0 Å². The lowest BCUT2D eigenvalue weighted by Crippen LogP contribution is -2.07. The number of rotatable bonds is 12. The molecule has 0 saturated heterocycles. The van der Waals surface area contributed by atoms with E-state index in [1.165, 1.54) is 0 Å². The molecule has 18 heteroatoms. The Morgan fingerprint density at radius 2 is 0.298 bits per heavy atom. The van der Waals surface area contributed by atoms with Crippen molar-refractivity contribution in [3.8, 4) is 136 Å². The molecule has 10 aromatic heterocycles. The fraction of sp³-hybridized carbons (Fsp3) is 0.0377. The molecular formula is C106H94N14O4. The van der Waals surface area contributed by atoms with Crippen molar-refractivity contribution in [2.24, 2.45) is 0 Å². The third-order valence-electron chi connectivity index (χ3n) is 19.7. The molecule has 20 aromatic rings. The maximum absolute atomic E-state index is 5.58. The highest BCUT2D eigenvalue weighted by Crippen LogP contribution is 2.44. The van der Waals surface area contributed by atoms with Crippen molar-refractivity contribution in [1.82, 2.24) is 69.8 Å². The maximum Gasteiger partial charge on any atom is 0.138 e. The summed E-state index contributed by atoms with van der Waals surface area (Å²) in [6.07, 6.45) is 23.6. The van der Waals surface area contributed by atoms with Crippen LogP contribution in [0.25, 0.3) is 136 Å². The van der Waals surface area contributed by atoms with E-state index in [1.54, 1.807) is 74.4 Å². The summed E-state index contributed by atoms with van der Waals surface area (Å²) in [5.74, 6) is 3.28. The van der Waals surface area contributed by atoms with Crippen LogP contribution in [-0.2, 0) is 25.7 Å². The molecule has 0 aliphatic heterocycles. The predicted octanol–water partition coefficient (Wildman–Crippen LogP) is 21.7. The largest absolute Gasteiger partial charge is 0.412 e. The zero-order valence-electron chi connectivity index (χ0n) is 68.0. The number of H-pyrrole nitrogens is 4. The summed E-state index contributed by atoms with van der Waals surface area (Å²) < 4.78 is 0. The van der Waals surface area contributed by atoms with Gasteiger partial charge in [-0.25, -0.2) is 19.9 Å². The van der Waals surface area contributed by atoms with Crippen LogP contribution >= 0.6 is 0 Å². The second-order valence-corrected chi connectivity index (χ2v) is 27.6. The highest BCUT2D eigenvalue weighted by Gasteiger charge is 2.28. The molecule has 0 amide bonds. The number of aromatic amines is 4. The summed E-state index contributed by atoms with van der Waals surface area (Å²) in [5, 5.41) is 0. The Hall–Kier alpha value is -16.2. The van der Waals surface area contributed by atoms with Crippen molar-refractivity contribution in [3.05, 3.63) is 473 Å². The summed E-state index contributed by atoms with van der Waals surface area (Å²) in [7, 11) is 0. The molecule has 4 bridgehead atoms. The highest BCUT2D eigenvalue weighted by atomic mass is 16.0. The van der Waals surface area contributed by atoms with Crippen molar-refractivity contribution < 1.29 is 21.9 Å². The van der Waals surface area contributed by atoms with Crippen LogP contribution in [0, 0.1) is 0 Å². The number of hydrogen-bond acceptors (Lipinski definition) is 10. The van der Waals surface area contributed by atoms with Crippen molar-refractivity contribution in [2.75, 3.05) is 0 Å². The number of aromatic nitrogens is 14. The minimum absolute atomic E-state index is 0. The minimum atomic E-state index is 0. The van der Waals surface area contributed by atoms with Gasteiger partial charge in [0.05, 0.1) is 45.6 Å². The normalized spacial score (nSPS) is 10.5. The fourth-order valence-electron chi connectivity index (χ4n) is 14.0. The van der Waals surface area contributed by atoms with E-state index < -0.39 is 0 Å². The van der Waals surface area contributed by atoms with Gasteiger partial charge in [0, 0.05) is 141 Å². The van der Waals surface area contributed by atoms with Gasteiger partial charge in [-0.2, -0.15) is 0 Å². The molecule has 18 nitrogen and oxygen atoms in total. The lowest BCUT2D eigenvalue weighted by atomic mass is 9.86. The van der Waals surface area contributed by atoms with Gasteiger partial charge >= 0.3 is 0 Å². The van der Waals surface area contributed by atoms with Crippen LogP contribution in [0.15, 0.2) is 450 Å². The van der Waals surface area contributed by atoms with E-state index in [0.29, 0.717) is 25.7 Å². The SMILES string of the molecule is O.O.O.O.c1ccc(-c2nc(-c3cc4c(-c5nc(-c6ccccc6)c(-c6ccccc6)[nH]5)cc3CCc3cc(-c5nc(-c6ccccc6)c(-c6ccccc6)[nH]5)c(cc3-c3nc(-c5ccccc5)c(-c5ccccc5)[nH]3)CC4)[nH]c2-c2ccccc2)cc1.c1ccncc1.c1ccncc1.c1ccncc1.c1ccncc1.c1ccncc1.c1ccncc1. The van der Waals surface area contributed by atoms with Gasteiger partial charge in [-0.3, -0.25) is 29.9 Å². The minimum Gasteiger partial charge on any atom is -0.412 e. The van der Waals surface area contributed by atoms with Crippen molar-refractivity contribution in [1.29, 1.82) is 0 Å². The van der Waals surface area contributed by atoms with Crippen molar-refractivity contribution in [3.63, 3.8) is 0 Å². The van der Waals surface area contributed by atoms with E-state index in [1.807, 2.05) is 109 Å². The van der Waals surface area contributed by atoms with Crippen LogP contribution in [-0.4, -0.2) is 91.7 Å². The lowest BCUT2D eigenvalue weighted by molar-refractivity contribution is 0.823. The molecule has 24 rings (SSSR count). The van der Waals surface area contributed by atoms with E-state index in [9.17, 15) is 0 Å². The predicted molar refractivity (Wildman–Crippen MR) is 501 cm³/mol. The molecule has 10 aromatic carbocycles. The van der Waals surface area contributed by atoms with Gasteiger partial charge in [-0.1, -0.05) is 279 Å². The number of pyridine rings is 6. The number of hydrogen-bond donors (Lipinski definition) is 4. The molecule has 0 atom stereocenters. The zero-order valence-corrected chi connectivity index (χ0v) is 68.0. The Labute approximate surface area is 721 Å². The first kappa shape index (κ1) is 88.6. The van der Waals surface area contributed by atoms with Gasteiger partial charge in [-0.05, 0) is 145 Å². The zero-order chi connectivity index (χ0) is 81.2. The first-order valence-electron chi connectivity index (χ1n) is 39.9. The van der Waals surface area contributed by atoms with E-state index in [4.69, 9.17) is 19.9 Å². The molecule has 612 valence electrons. The number of nitrogens with zero attached hydrogens (tertiary/aromatic N) is 10. The fourth-order valence-corrected chi connectivity index (χ4v) is 14.0. The average Bonchev–Trinajstić information content (AvgIpc) is 1.61. The molecule has 4 aliphatic rings. The standard InChI is InChI=1S/C76H56N8.6C5H5N.4H2O/c1-9-25-49(26-10-1)65-66(50-27-11-2-12-28-50)78-73(77-65)61-45-58-43-44-60-48-63(75-81-69(53-33-17-5-18-34-53)70(82-75)54-35-19-6-20-36-54)59(47-64(60)76-83-71(55-37-21-7-22-38-55)72(84-76)56-39-23-8-24-40-56)42-41-57(61)46-62(58)74-79-67(51-29-13-3-14-30-51)68(80-74)52-31-15-4-16-32-52;6*1-2-4-6-5-3-1;;;;/h1-40,45-48H,41-44H2,(H,77,78)(H,79,80)(H,81,82)(H,83,84);6*1-5H;4*1H2. The third kappa shape index (κ3) is 23.6. The first-order valence-corrected chi connectivity index (χ1v) is 39.9. The Morgan fingerprint density at radius 1 is 0.161 bits per heavy atom. The smallest absolute Gasteiger partial charge is 0.138 e. The van der Waals surface area contributed by atoms with Crippen LogP contribution in [0.4, 0.5) is 0 Å². The van der Waals surface area contributed by atoms with E-state index in [2.05, 4.69) is 317 Å². The molecule has 12 N–H and O–H groups in total. The molecule has 0 spiro atoms. The van der Waals surface area contributed by atoms with Gasteiger partial charge < -0.3 is 41.8 Å². The summed E-state index contributed by atoms with van der Waals surface area (Å²) >= 11 is 0. The Bertz CT molecular complexity index is 5130. The van der Waals surface area contributed by atoms with Gasteiger partial charge in [0.25, 0.3) is 0 Å². The molecule has 0 unspecified atom stereocenters. The van der Waals surface area contributed by atoms with E-state index in [-0.39, 0.29) is 21.9 Å². The third-order valence-corrected chi connectivity index (χ3v) is 19.7. The molecule has 0 radical (unpaired) electrons. The second kappa shape index (κ2) is 46.8. The van der Waals surface area contributed by atoms with Crippen molar-refractivity contribution in [2.45, 2.75) is 25.7 Å². The summed E-state index contributed by atoms with van der Waals surface area (Å²) in [5.41, 5.74) is 24.8. The number of nitrogens with one attached hydrogen (secondary N) is 4. The number of aryl methyl sites for hydroxylation is 4. The first-order chi connectivity index (χ1) is 59.6. The molecule has 124 heavy (non-hydrogen) atoms. The molecule has 10 heterocycles. The molecule has 0 fully saturated rings. The van der Waals surface area contributed by atoms with Crippen LogP contribution < -0.4 is 0 Å². The highest BCUT2D eigenvalue weighted by molar-refractivity contribution is 5.88. The van der Waals surface area contributed by atoms with Crippen LogP contribution in [0.3, 0.4) is 0 Å². The lowest BCUT2D eigenvalue weighted by Gasteiger charge is -2.20. The maximum atomic E-state index is 5.58. The van der Waals surface area contributed by atoms with E-state index in [0.717, 1.165) is 158 Å². The molecular weight excluding hydrogens is 1530 g/mol. The molecule has 4 aliphatic carbocycles. The van der Waals surface area contributed by atoms with Gasteiger partial charge in [0.1, 0.15) is 23.3 Å². The molecule has 0 saturated carbocycles. The Balaban J connectivity index is 0.000000308. The summed E-state index contributed by atoms with van der Waals surface area (Å²) in [4.78, 5) is 60.7.